The Balaban J connectivity index is 1.45. The van der Waals surface area contributed by atoms with Gasteiger partial charge in [-0.15, -0.1) is 0 Å². The second-order valence-electron chi connectivity index (χ2n) is 7.85. The molecule has 0 radical (unpaired) electrons. The van der Waals surface area contributed by atoms with Gasteiger partial charge < -0.3 is 15.1 Å². The van der Waals surface area contributed by atoms with Crippen LogP contribution >= 0.6 is 23.8 Å². The highest BCUT2D eigenvalue weighted by Crippen LogP contribution is 2.30. The van der Waals surface area contributed by atoms with Crippen LogP contribution in [0.15, 0.2) is 60.7 Å². The lowest BCUT2D eigenvalue weighted by atomic mass is 10.1. The molecule has 2 amide bonds. The van der Waals surface area contributed by atoms with E-state index in [9.17, 15) is 9.59 Å². The van der Waals surface area contributed by atoms with Gasteiger partial charge in [-0.2, -0.15) is 0 Å². The van der Waals surface area contributed by atoms with Crippen molar-refractivity contribution in [2.45, 2.75) is 13.3 Å². The Kier molecular flexibility index (Phi) is 7.11. The third-order valence-corrected chi connectivity index (χ3v) is 6.16. The minimum absolute atomic E-state index is 0.168. The average Bonchev–Trinajstić information content (AvgIpc) is 2.83. The maximum atomic E-state index is 12.8. The lowest BCUT2D eigenvalue weighted by Crippen LogP contribution is -2.48. The summed E-state index contributed by atoms with van der Waals surface area (Å²) in [4.78, 5) is 28.8. The molecule has 3 aromatic carbocycles. The number of thiocarbonyl (C=S) groups is 1. The number of carbonyl (C=O) groups excluding carboxylic acids is 2. The molecule has 8 heteroatoms. The zero-order valence-electron chi connectivity index (χ0n) is 18.3. The Morgan fingerprint density at radius 1 is 0.970 bits per heavy atom. The molecule has 6 nitrogen and oxygen atoms in total. The van der Waals surface area contributed by atoms with Crippen LogP contribution in [0.25, 0.3) is 10.8 Å². The third-order valence-electron chi connectivity index (χ3n) is 5.72. The van der Waals surface area contributed by atoms with Crippen molar-refractivity contribution in [2.75, 3.05) is 36.4 Å². The average molecular weight is 481 g/mol. The molecular weight excluding hydrogens is 456 g/mol. The van der Waals surface area contributed by atoms with E-state index in [1.807, 2.05) is 60.4 Å². The number of fused-ring (bicyclic) bond motifs is 1. The van der Waals surface area contributed by atoms with Crippen LogP contribution in [0.3, 0.4) is 0 Å². The Hall–Kier alpha value is -3.16. The second-order valence-corrected chi connectivity index (χ2v) is 8.70. The highest BCUT2D eigenvalue weighted by atomic mass is 35.5. The summed E-state index contributed by atoms with van der Waals surface area (Å²) >= 11 is 11.7. The number of amides is 2. The molecule has 0 atom stereocenters. The number of anilines is 2. The standard InChI is InChI=1S/C25H25ClN4O2S/c1-2-23(31)30-13-11-29(12-14-30)22-10-9-20(26)16-21(22)27-25(33)28-24(32)19-8-7-17-5-3-4-6-18(17)15-19/h3-10,15-16H,2,11-14H2,1H3,(H2,27,28,32,33). The fourth-order valence-electron chi connectivity index (χ4n) is 3.96. The van der Waals surface area contributed by atoms with Gasteiger partial charge in [0.25, 0.3) is 5.91 Å². The number of rotatable bonds is 4. The van der Waals surface area contributed by atoms with Gasteiger partial charge in [-0.05, 0) is 53.3 Å². The van der Waals surface area contributed by atoms with E-state index >= 15 is 0 Å². The van der Waals surface area contributed by atoms with Crippen LogP contribution in [0, 0.1) is 0 Å². The van der Waals surface area contributed by atoms with Crippen molar-refractivity contribution in [1.82, 2.24) is 10.2 Å². The number of nitrogens with zero attached hydrogens (tertiary/aromatic N) is 2. The fraction of sp³-hybridized carbons (Fsp3) is 0.240. The number of piperazine rings is 1. The van der Waals surface area contributed by atoms with Gasteiger partial charge in [-0.25, -0.2) is 0 Å². The van der Waals surface area contributed by atoms with Gasteiger partial charge in [-0.3, -0.25) is 14.9 Å². The van der Waals surface area contributed by atoms with Crippen molar-refractivity contribution in [1.29, 1.82) is 0 Å². The summed E-state index contributed by atoms with van der Waals surface area (Å²) in [5.74, 6) is -0.116. The topological polar surface area (TPSA) is 64.7 Å². The van der Waals surface area contributed by atoms with Crippen molar-refractivity contribution in [3.8, 4) is 0 Å². The molecule has 0 bridgehead atoms. The summed E-state index contributed by atoms with van der Waals surface area (Å²) < 4.78 is 0. The van der Waals surface area contributed by atoms with Crippen molar-refractivity contribution >= 4 is 62.9 Å². The first-order valence-electron chi connectivity index (χ1n) is 10.9. The fourth-order valence-corrected chi connectivity index (χ4v) is 4.34. The van der Waals surface area contributed by atoms with E-state index in [0.717, 1.165) is 16.5 Å². The van der Waals surface area contributed by atoms with Gasteiger partial charge in [0, 0.05) is 43.2 Å². The molecule has 0 spiro atoms. The molecule has 1 heterocycles. The number of halogens is 1. The molecule has 1 aliphatic rings. The summed E-state index contributed by atoms with van der Waals surface area (Å²) in [6.07, 6.45) is 0.513. The van der Waals surface area contributed by atoms with E-state index in [1.165, 1.54) is 0 Å². The maximum absolute atomic E-state index is 12.8. The van der Waals surface area contributed by atoms with Crippen LogP contribution in [-0.4, -0.2) is 48.0 Å². The predicted octanol–water partition coefficient (Wildman–Crippen LogP) is 4.68. The molecule has 0 saturated carbocycles. The predicted molar refractivity (Wildman–Crippen MR) is 138 cm³/mol. The van der Waals surface area contributed by atoms with Gasteiger partial charge >= 0.3 is 0 Å². The lowest BCUT2D eigenvalue weighted by Gasteiger charge is -2.37. The van der Waals surface area contributed by atoms with Crippen LogP contribution in [0.1, 0.15) is 23.7 Å². The van der Waals surface area contributed by atoms with E-state index in [0.29, 0.717) is 48.9 Å². The van der Waals surface area contributed by atoms with Gasteiger partial charge in [0.05, 0.1) is 11.4 Å². The SMILES string of the molecule is CCC(=O)N1CCN(c2ccc(Cl)cc2NC(=S)NC(=O)c2ccc3ccccc3c2)CC1. The zero-order chi connectivity index (χ0) is 23.4. The first kappa shape index (κ1) is 23.0. The summed E-state index contributed by atoms with van der Waals surface area (Å²) in [6.45, 7) is 4.62. The highest BCUT2D eigenvalue weighted by molar-refractivity contribution is 7.80. The molecule has 170 valence electrons. The number of nitrogens with one attached hydrogen (secondary N) is 2. The van der Waals surface area contributed by atoms with E-state index in [4.69, 9.17) is 23.8 Å². The quantitative estimate of drug-likeness (QED) is 0.531. The lowest BCUT2D eigenvalue weighted by molar-refractivity contribution is -0.131. The Labute approximate surface area is 203 Å². The minimum atomic E-state index is -0.284. The van der Waals surface area contributed by atoms with Gasteiger partial charge in [0.2, 0.25) is 5.91 Å². The van der Waals surface area contributed by atoms with Gasteiger partial charge in [-0.1, -0.05) is 48.9 Å². The van der Waals surface area contributed by atoms with E-state index in [2.05, 4.69) is 15.5 Å². The summed E-state index contributed by atoms with van der Waals surface area (Å²) in [6, 6.07) is 18.9. The molecule has 3 aromatic rings. The van der Waals surface area contributed by atoms with E-state index in [1.54, 1.807) is 12.1 Å². The van der Waals surface area contributed by atoms with Crippen LogP contribution in [-0.2, 0) is 4.79 Å². The van der Waals surface area contributed by atoms with E-state index < -0.39 is 0 Å². The number of hydrogen-bond acceptors (Lipinski definition) is 4. The molecule has 0 aliphatic carbocycles. The maximum Gasteiger partial charge on any atom is 0.257 e. The normalized spacial score (nSPS) is 13.6. The van der Waals surface area contributed by atoms with Crippen LogP contribution in [0.2, 0.25) is 5.02 Å². The summed E-state index contributed by atoms with van der Waals surface area (Å²) in [5.41, 5.74) is 2.16. The Morgan fingerprint density at radius 3 is 2.42 bits per heavy atom. The molecule has 4 rings (SSSR count). The molecular formula is C25H25ClN4O2S. The molecule has 33 heavy (non-hydrogen) atoms. The number of benzene rings is 3. The van der Waals surface area contributed by atoms with Crippen molar-refractivity contribution in [3.63, 3.8) is 0 Å². The van der Waals surface area contributed by atoms with E-state index in [-0.39, 0.29) is 16.9 Å². The summed E-state index contributed by atoms with van der Waals surface area (Å²) in [5, 5.41) is 8.69. The first-order chi connectivity index (χ1) is 15.9. The van der Waals surface area contributed by atoms with Crippen molar-refractivity contribution in [2.24, 2.45) is 0 Å². The third kappa shape index (κ3) is 5.43. The van der Waals surface area contributed by atoms with Gasteiger partial charge in [0.1, 0.15) is 0 Å². The smallest absolute Gasteiger partial charge is 0.257 e. The van der Waals surface area contributed by atoms with Gasteiger partial charge in [0.15, 0.2) is 5.11 Å². The second kappa shape index (κ2) is 10.2. The molecule has 1 saturated heterocycles. The van der Waals surface area contributed by atoms with Crippen LogP contribution in [0.5, 0.6) is 0 Å². The summed E-state index contributed by atoms with van der Waals surface area (Å²) in [7, 11) is 0. The number of hydrogen-bond donors (Lipinski definition) is 2. The van der Waals surface area contributed by atoms with Crippen LogP contribution in [0.4, 0.5) is 11.4 Å². The molecule has 0 unspecified atom stereocenters. The first-order valence-corrected chi connectivity index (χ1v) is 11.7. The van der Waals surface area contributed by atoms with Crippen LogP contribution < -0.4 is 15.5 Å². The zero-order valence-corrected chi connectivity index (χ0v) is 19.9. The number of carbonyl (C=O) groups is 2. The molecule has 0 aromatic heterocycles. The Bertz CT molecular complexity index is 1210. The van der Waals surface area contributed by atoms with Crippen molar-refractivity contribution < 1.29 is 9.59 Å². The molecule has 2 N–H and O–H groups in total. The monoisotopic (exact) mass is 480 g/mol. The Morgan fingerprint density at radius 2 is 1.70 bits per heavy atom. The largest absolute Gasteiger partial charge is 0.366 e. The minimum Gasteiger partial charge on any atom is -0.366 e. The molecule has 1 fully saturated rings. The highest BCUT2D eigenvalue weighted by Gasteiger charge is 2.22. The molecule has 1 aliphatic heterocycles. The van der Waals surface area contributed by atoms with Crippen molar-refractivity contribution in [3.05, 3.63) is 71.2 Å².